The molecule has 0 aliphatic heterocycles. The third kappa shape index (κ3) is 1.92. The Morgan fingerprint density at radius 1 is 1.15 bits per heavy atom. The fourth-order valence-electron chi connectivity index (χ4n) is 2.08. The van der Waals surface area contributed by atoms with Gasteiger partial charge >= 0.3 is 0 Å². The third-order valence-corrected chi connectivity index (χ3v) is 4.55. The van der Waals surface area contributed by atoms with Crippen molar-refractivity contribution in [2.75, 3.05) is 4.72 Å². The maximum Gasteiger partial charge on any atom is 0.265 e. The Morgan fingerprint density at radius 3 is 2.65 bits per heavy atom. The van der Waals surface area contributed by atoms with E-state index in [2.05, 4.69) is 30.3 Å². The minimum Gasteiger partial charge on any atom is -0.281 e. The van der Waals surface area contributed by atoms with Crippen molar-refractivity contribution in [1.29, 1.82) is 0 Å². The van der Waals surface area contributed by atoms with Crippen molar-refractivity contribution >= 4 is 26.7 Å². The van der Waals surface area contributed by atoms with Crippen LogP contribution in [0.1, 0.15) is 11.4 Å². The highest BCUT2D eigenvalue weighted by Gasteiger charge is 2.23. The molecule has 9 heteroatoms. The molecule has 0 atom stereocenters. The number of aryl methyl sites for hydroxylation is 2. The maximum atomic E-state index is 12.4. The lowest BCUT2D eigenvalue weighted by atomic mass is 10.3. The molecule has 2 aromatic heterocycles. The predicted octanol–water partition coefficient (Wildman–Crippen LogP) is 1.10. The van der Waals surface area contributed by atoms with Crippen molar-refractivity contribution in [3.8, 4) is 0 Å². The van der Waals surface area contributed by atoms with Crippen LogP contribution in [-0.2, 0) is 10.0 Å². The van der Waals surface area contributed by atoms with E-state index in [1.807, 2.05) is 0 Å². The summed E-state index contributed by atoms with van der Waals surface area (Å²) in [5, 5.41) is 16.9. The summed E-state index contributed by atoms with van der Waals surface area (Å²) in [5.74, 6) is 0. The molecule has 0 radical (unpaired) electrons. The van der Waals surface area contributed by atoms with Crippen LogP contribution in [0.5, 0.6) is 0 Å². The summed E-state index contributed by atoms with van der Waals surface area (Å²) < 4.78 is 27.4. The third-order valence-electron chi connectivity index (χ3n) is 2.92. The molecule has 3 rings (SSSR count). The van der Waals surface area contributed by atoms with E-state index < -0.39 is 10.0 Å². The van der Waals surface area contributed by atoms with E-state index in [1.165, 1.54) is 0 Å². The molecule has 0 fully saturated rings. The summed E-state index contributed by atoms with van der Waals surface area (Å²) in [6.07, 6.45) is 0. The summed E-state index contributed by atoms with van der Waals surface area (Å²) in [7, 11) is -3.73. The molecule has 0 saturated carbocycles. The second-order valence-electron chi connectivity index (χ2n) is 4.37. The Morgan fingerprint density at radius 2 is 1.95 bits per heavy atom. The lowest BCUT2D eigenvalue weighted by Gasteiger charge is -2.08. The van der Waals surface area contributed by atoms with Gasteiger partial charge in [0, 0.05) is 0 Å². The molecule has 20 heavy (non-hydrogen) atoms. The lowest BCUT2D eigenvalue weighted by Crippen LogP contribution is -2.14. The van der Waals surface area contributed by atoms with Gasteiger partial charge in [0.05, 0.1) is 17.1 Å². The molecule has 0 spiro atoms. The van der Waals surface area contributed by atoms with Crippen molar-refractivity contribution in [2.24, 2.45) is 0 Å². The molecule has 8 nitrogen and oxygen atoms in total. The van der Waals surface area contributed by atoms with E-state index in [0.29, 0.717) is 28.1 Å². The Labute approximate surface area is 114 Å². The second-order valence-corrected chi connectivity index (χ2v) is 5.98. The topological polar surface area (TPSA) is 116 Å². The normalized spacial score (nSPS) is 11.9. The lowest BCUT2D eigenvalue weighted by molar-refractivity contribution is 0.600. The van der Waals surface area contributed by atoms with E-state index in [1.54, 1.807) is 32.0 Å². The van der Waals surface area contributed by atoms with E-state index in [4.69, 9.17) is 0 Å². The van der Waals surface area contributed by atoms with Crippen molar-refractivity contribution < 1.29 is 8.42 Å². The molecule has 0 unspecified atom stereocenters. The van der Waals surface area contributed by atoms with Crippen LogP contribution in [0.3, 0.4) is 0 Å². The van der Waals surface area contributed by atoms with Crippen LogP contribution < -0.4 is 4.72 Å². The summed E-state index contributed by atoms with van der Waals surface area (Å²) in [6, 6.07) is 5.08. The van der Waals surface area contributed by atoms with Crippen LogP contribution >= 0.6 is 0 Å². The average molecular weight is 292 g/mol. The zero-order valence-corrected chi connectivity index (χ0v) is 11.6. The molecule has 2 heterocycles. The van der Waals surface area contributed by atoms with E-state index in [0.717, 1.165) is 0 Å². The molecule has 0 saturated heterocycles. The van der Waals surface area contributed by atoms with Crippen molar-refractivity contribution in [2.45, 2.75) is 18.7 Å². The summed E-state index contributed by atoms with van der Waals surface area (Å²) >= 11 is 0. The number of benzene rings is 1. The number of H-pyrrole nitrogens is 2. The fourth-order valence-corrected chi connectivity index (χ4v) is 3.52. The van der Waals surface area contributed by atoms with Gasteiger partial charge in [0.1, 0.15) is 15.9 Å². The molecule has 0 amide bonds. The van der Waals surface area contributed by atoms with Crippen LogP contribution in [0.2, 0.25) is 0 Å². The molecule has 0 aliphatic rings. The number of fused-ring (bicyclic) bond motifs is 1. The van der Waals surface area contributed by atoms with E-state index in [9.17, 15) is 8.42 Å². The molecule has 0 bridgehead atoms. The van der Waals surface area contributed by atoms with Gasteiger partial charge in [-0.2, -0.15) is 20.5 Å². The highest BCUT2D eigenvalue weighted by molar-refractivity contribution is 7.92. The van der Waals surface area contributed by atoms with E-state index in [-0.39, 0.29) is 4.90 Å². The second kappa shape index (κ2) is 4.30. The predicted molar refractivity (Wildman–Crippen MR) is 72.8 cm³/mol. The highest BCUT2D eigenvalue weighted by atomic mass is 32.2. The van der Waals surface area contributed by atoms with Gasteiger partial charge in [-0.25, -0.2) is 8.42 Å². The largest absolute Gasteiger partial charge is 0.281 e. The first-order valence-corrected chi connectivity index (χ1v) is 7.31. The molecule has 1 aromatic carbocycles. The van der Waals surface area contributed by atoms with Crippen molar-refractivity contribution in [3.63, 3.8) is 0 Å². The monoisotopic (exact) mass is 292 g/mol. The number of aromatic amines is 2. The van der Waals surface area contributed by atoms with Gasteiger partial charge < -0.3 is 0 Å². The first-order valence-electron chi connectivity index (χ1n) is 5.83. The minimum atomic E-state index is -3.73. The van der Waals surface area contributed by atoms with Crippen LogP contribution in [-0.4, -0.2) is 34.0 Å². The standard InChI is InChI=1S/C11H12N6O2S/c1-6-11(7(2)13-12-6)20(18,19)16-9-5-3-4-8-10(9)15-17-14-8/h3-5,16H,1-2H3,(H,12,13)(H,14,15,17). The number of anilines is 1. The number of nitrogens with one attached hydrogen (secondary N) is 3. The van der Waals surface area contributed by atoms with Gasteiger partial charge in [-0.05, 0) is 26.0 Å². The van der Waals surface area contributed by atoms with Gasteiger partial charge in [-0.3, -0.25) is 9.82 Å². The van der Waals surface area contributed by atoms with Crippen LogP contribution in [0, 0.1) is 13.8 Å². The number of hydrogen-bond acceptors (Lipinski definition) is 5. The highest BCUT2D eigenvalue weighted by Crippen LogP contribution is 2.24. The summed E-state index contributed by atoms with van der Waals surface area (Å²) in [5.41, 5.74) is 2.33. The number of hydrogen-bond donors (Lipinski definition) is 3. The first kappa shape index (κ1) is 12.6. The Kier molecular flexibility index (Phi) is 2.71. The number of sulfonamides is 1. The SMILES string of the molecule is Cc1n[nH]c(C)c1S(=O)(=O)Nc1cccc2n[nH]nc12. The number of para-hydroxylation sites is 1. The molecule has 0 aliphatic carbocycles. The first-order chi connectivity index (χ1) is 9.49. The van der Waals surface area contributed by atoms with Crippen LogP contribution in [0.4, 0.5) is 5.69 Å². The smallest absolute Gasteiger partial charge is 0.265 e. The number of rotatable bonds is 3. The molecule has 3 aromatic rings. The number of nitrogens with zero attached hydrogens (tertiary/aromatic N) is 3. The molecular formula is C11H12N6O2S. The zero-order valence-electron chi connectivity index (χ0n) is 10.8. The number of aromatic nitrogens is 5. The van der Waals surface area contributed by atoms with Gasteiger partial charge in [0.15, 0.2) is 0 Å². The van der Waals surface area contributed by atoms with Crippen LogP contribution in [0.25, 0.3) is 11.0 Å². The Bertz CT molecular complexity index is 860. The molecular weight excluding hydrogens is 280 g/mol. The summed E-state index contributed by atoms with van der Waals surface area (Å²) in [6.45, 7) is 3.29. The maximum absolute atomic E-state index is 12.4. The van der Waals surface area contributed by atoms with Crippen LogP contribution in [0.15, 0.2) is 23.1 Å². The van der Waals surface area contributed by atoms with Crippen molar-refractivity contribution in [1.82, 2.24) is 25.6 Å². The van der Waals surface area contributed by atoms with Gasteiger partial charge in [0.2, 0.25) is 0 Å². The van der Waals surface area contributed by atoms with E-state index >= 15 is 0 Å². The van der Waals surface area contributed by atoms with Gasteiger partial charge in [-0.1, -0.05) is 6.07 Å². The molecule has 3 N–H and O–H groups in total. The minimum absolute atomic E-state index is 0.151. The fraction of sp³-hybridized carbons (Fsp3) is 0.182. The van der Waals surface area contributed by atoms with Gasteiger partial charge in [0.25, 0.3) is 10.0 Å². The molecule has 104 valence electrons. The van der Waals surface area contributed by atoms with Crippen molar-refractivity contribution in [3.05, 3.63) is 29.6 Å². The quantitative estimate of drug-likeness (QED) is 0.668. The van der Waals surface area contributed by atoms with Gasteiger partial charge in [-0.15, -0.1) is 0 Å². The average Bonchev–Trinajstić information content (AvgIpc) is 2.96. The summed E-state index contributed by atoms with van der Waals surface area (Å²) in [4.78, 5) is 0.151. The Hall–Kier alpha value is -2.42. The Balaban J connectivity index is 2.09. The zero-order chi connectivity index (χ0) is 14.3.